The number of hydrogen-bond acceptors (Lipinski definition) is 5. The van der Waals surface area contributed by atoms with Crippen LogP contribution in [0.2, 0.25) is 0 Å². The highest BCUT2D eigenvalue weighted by molar-refractivity contribution is 9.10. The van der Waals surface area contributed by atoms with Crippen molar-refractivity contribution in [3.63, 3.8) is 0 Å². The number of halogens is 1. The molecular weight excluding hydrogens is 460 g/mol. The Morgan fingerprint density at radius 3 is 2.55 bits per heavy atom. The van der Waals surface area contributed by atoms with Gasteiger partial charge in [-0.1, -0.05) is 22.0 Å². The predicted octanol–water partition coefficient (Wildman–Crippen LogP) is 3.45. The molecule has 1 saturated heterocycles. The van der Waals surface area contributed by atoms with E-state index in [1.807, 2.05) is 0 Å². The number of nitrogens with zero attached hydrogens (tertiary/aromatic N) is 1. The maximum Gasteiger partial charge on any atom is 0.328 e. The van der Waals surface area contributed by atoms with Crippen molar-refractivity contribution in [3.05, 3.63) is 65.2 Å². The molecule has 0 aliphatic carbocycles. The second-order valence-corrected chi connectivity index (χ2v) is 8.23. The molecule has 2 N–H and O–H groups in total. The van der Waals surface area contributed by atoms with Crippen LogP contribution in [0.5, 0.6) is 0 Å². The third kappa shape index (κ3) is 5.33. The zero-order valence-corrected chi connectivity index (χ0v) is 17.3. The summed E-state index contributed by atoms with van der Waals surface area (Å²) in [5.74, 6) is -2.36. The van der Waals surface area contributed by atoms with Gasteiger partial charge in [-0.25, -0.2) is 9.69 Å². The molecule has 1 aliphatic heterocycles. The summed E-state index contributed by atoms with van der Waals surface area (Å²) in [6, 6.07) is 13.7. The summed E-state index contributed by atoms with van der Waals surface area (Å²) in [4.78, 5) is 49.2. The number of hydrogen-bond donors (Lipinski definition) is 2. The zero-order valence-electron chi connectivity index (χ0n) is 14.9. The fourth-order valence-electron chi connectivity index (χ4n) is 2.70. The van der Waals surface area contributed by atoms with Gasteiger partial charge in [0.05, 0.1) is 10.9 Å². The molecule has 2 aromatic carbocycles. The van der Waals surface area contributed by atoms with E-state index in [0.717, 1.165) is 16.6 Å². The fraction of sp³-hybridized carbons (Fsp3) is 0.100. The van der Waals surface area contributed by atoms with Gasteiger partial charge in [-0.05, 0) is 42.5 Å². The van der Waals surface area contributed by atoms with E-state index in [1.54, 1.807) is 48.5 Å². The molecule has 7 nitrogen and oxygen atoms in total. The van der Waals surface area contributed by atoms with Crippen LogP contribution in [0, 0.1) is 0 Å². The number of benzene rings is 2. The molecule has 0 spiro atoms. The summed E-state index contributed by atoms with van der Waals surface area (Å²) < 4.78 is 0.850. The van der Waals surface area contributed by atoms with Crippen molar-refractivity contribution >= 4 is 62.8 Å². The number of carbonyl (C=O) groups excluding carboxylic acids is 3. The van der Waals surface area contributed by atoms with Gasteiger partial charge >= 0.3 is 5.97 Å². The Kier molecular flexibility index (Phi) is 6.50. The van der Waals surface area contributed by atoms with Crippen LogP contribution in [-0.2, 0) is 19.2 Å². The number of thioether (sulfide) groups is 1. The molecule has 0 radical (unpaired) electrons. The van der Waals surface area contributed by atoms with Crippen molar-refractivity contribution < 1.29 is 24.3 Å². The molecule has 1 atom stereocenters. The number of carbonyl (C=O) groups is 4. The van der Waals surface area contributed by atoms with E-state index in [-0.39, 0.29) is 18.2 Å². The molecule has 148 valence electrons. The Balaban J connectivity index is 1.69. The molecular formula is C20H15BrN2O5S. The summed E-state index contributed by atoms with van der Waals surface area (Å²) in [6.07, 6.45) is 1.74. The van der Waals surface area contributed by atoms with Gasteiger partial charge in [-0.15, -0.1) is 11.8 Å². The van der Waals surface area contributed by atoms with E-state index in [9.17, 15) is 19.2 Å². The maximum absolute atomic E-state index is 12.8. The first kappa shape index (κ1) is 20.8. The van der Waals surface area contributed by atoms with Gasteiger partial charge in [0.25, 0.3) is 0 Å². The monoisotopic (exact) mass is 474 g/mol. The number of aliphatic carboxylic acids is 1. The maximum atomic E-state index is 12.8. The van der Waals surface area contributed by atoms with Gasteiger partial charge in [0.2, 0.25) is 17.7 Å². The highest BCUT2D eigenvalue weighted by Gasteiger charge is 2.40. The quantitative estimate of drug-likeness (QED) is 0.490. The van der Waals surface area contributed by atoms with Crippen molar-refractivity contribution in [2.75, 3.05) is 10.2 Å². The van der Waals surface area contributed by atoms with E-state index < -0.39 is 17.1 Å². The molecule has 1 fully saturated rings. The van der Waals surface area contributed by atoms with Crippen LogP contribution in [0.4, 0.5) is 11.4 Å². The number of nitrogens with one attached hydrogen (secondary N) is 1. The number of imide groups is 1. The van der Waals surface area contributed by atoms with Crippen molar-refractivity contribution in [2.24, 2.45) is 0 Å². The minimum atomic E-state index is -1.22. The molecule has 3 amide bonds. The van der Waals surface area contributed by atoms with Gasteiger partial charge in [0, 0.05) is 33.6 Å². The van der Waals surface area contributed by atoms with E-state index in [1.165, 1.54) is 16.7 Å². The topological polar surface area (TPSA) is 104 Å². The Hall–Kier alpha value is -2.91. The molecule has 9 heteroatoms. The number of carboxylic acids is 1. The van der Waals surface area contributed by atoms with Gasteiger partial charge in [0.1, 0.15) is 0 Å². The first-order valence-electron chi connectivity index (χ1n) is 8.44. The fourth-order valence-corrected chi connectivity index (χ4v) is 4.08. The Bertz CT molecular complexity index is 1010. The molecule has 29 heavy (non-hydrogen) atoms. The Morgan fingerprint density at radius 1 is 1.14 bits per heavy atom. The minimum Gasteiger partial charge on any atom is -0.478 e. The molecule has 1 heterocycles. The molecule has 0 unspecified atom stereocenters. The number of rotatable bonds is 6. The highest BCUT2D eigenvalue weighted by atomic mass is 79.9. The van der Waals surface area contributed by atoms with Crippen LogP contribution in [0.3, 0.4) is 0 Å². The largest absolute Gasteiger partial charge is 0.478 e. The average molecular weight is 475 g/mol. The van der Waals surface area contributed by atoms with Crippen LogP contribution in [0.15, 0.2) is 70.1 Å². The predicted molar refractivity (Wildman–Crippen MR) is 113 cm³/mol. The molecule has 2 aromatic rings. The smallest absolute Gasteiger partial charge is 0.328 e. The second kappa shape index (κ2) is 9.06. The standard InChI is InChI=1S/C20H15BrN2O5S/c21-12-4-6-14(7-5-12)23-18(25)11-16(20(23)28)29-15-3-1-2-13(10-15)22-17(24)8-9-19(26)27/h1-10,16H,11H2,(H,22,24)(H,26,27)/b9-8+/t16-/m1/s1. The van der Waals surface area contributed by atoms with Crippen LogP contribution in [0.1, 0.15) is 6.42 Å². The van der Waals surface area contributed by atoms with Gasteiger partial charge in [0.15, 0.2) is 0 Å². The number of carboxylic acid groups (broad SMARTS) is 1. The molecule has 0 saturated carbocycles. The van der Waals surface area contributed by atoms with Crippen LogP contribution >= 0.6 is 27.7 Å². The normalized spacial score (nSPS) is 16.4. The first-order valence-corrected chi connectivity index (χ1v) is 10.1. The molecule has 1 aliphatic rings. The summed E-state index contributed by atoms with van der Waals surface area (Å²) in [5, 5.41) is 10.5. The van der Waals surface area contributed by atoms with E-state index in [4.69, 9.17) is 5.11 Å². The summed E-state index contributed by atoms with van der Waals surface area (Å²) in [7, 11) is 0. The number of anilines is 2. The lowest BCUT2D eigenvalue weighted by atomic mass is 10.3. The summed E-state index contributed by atoms with van der Waals surface area (Å²) in [5.41, 5.74) is 0.981. The lowest BCUT2D eigenvalue weighted by Gasteiger charge is -2.15. The summed E-state index contributed by atoms with van der Waals surface area (Å²) in [6.45, 7) is 0. The second-order valence-electron chi connectivity index (χ2n) is 6.04. The van der Waals surface area contributed by atoms with Crippen LogP contribution < -0.4 is 10.2 Å². The zero-order chi connectivity index (χ0) is 21.0. The third-order valence-electron chi connectivity index (χ3n) is 3.95. The third-order valence-corrected chi connectivity index (χ3v) is 5.65. The summed E-state index contributed by atoms with van der Waals surface area (Å²) >= 11 is 4.56. The van der Waals surface area contributed by atoms with Crippen molar-refractivity contribution in [2.45, 2.75) is 16.6 Å². The minimum absolute atomic E-state index is 0.0809. The highest BCUT2D eigenvalue weighted by Crippen LogP contribution is 2.35. The molecule has 0 bridgehead atoms. The van der Waals surface area contributed by atoms with E-state index >= 15 is 0 Å². The van der Waals surface area contributed by atoms with Crippen molar-refractivity contribution in [1.29, 1.82) is 0 Å². The van der Waals surface area contributed by atoms with Gasteiger partial charge < -0.3 is 10.4 Å². The average Bonchev–Trinajstić information content (AvgIpc) is 2.94. The SMILES string of the molecule is O=C(O)/C=C/C(=O)Nc1cccc(S[C@@H]2CC(=O)N(c3ccc(Br)cc3)C2=O)c1. The van der Waals surface area contributed by atoms with Gasteiger partial charge in [-0.3, -0.25) is 14.4 Å². The molecule has 3 rings (SSSR count). The first-order chi connectivity index (χ1) is 13.8. The van der Waals surface area contributed by atoms with Crippen LogP contribution in [-0.4, -0.2) is 34.0 Å². The van der Waals surface area contributed by atoms with Crippen molar-refractivity contribution in [3.8, 4) is 0 Å². The van der Waals surface area contributed by atoms with Crippen LogP contribution in [0.25, 0.3) is 0 Å². The Morgan fingerprint density at radius 2 is 1.86 bits per heavy atom. The lowest BCUT2D eigenvalue weighted by molar-refractivity contribution is -0.131. The van der Waals surface area contributed by atoms with E-state index in [0.29, 0.717) is 16.3 Å². The molecule has 0 aromatic heterocycles. The van der Waals surface area contributed by atoms with E-state index in [2.05, 4.69) is 21.2 Å². The Labute approximate surface area is 178 Å². The van der Waals surface area contributed by atoms with Gasteiger partial charge in [-0.2, -0.15) is 0 Å². The van der Waals surface area contributed by atoms with Crippen molar-refractivity contribution in [1.82, 2.24) is 0 Å². The lowest BCUT2D eigenvalue weighted by Crippen LogP contribution is -2.31. The number of amides is 3.